The van der Waals surface area contributed by atoms with E-state index in [9.17, 15) is 0 Å². The Labute approximate surface area is 131 Å². The quantitative estimate of drug-likeness (QED) is 0.846. The first-order valence-electron chi connectivity index (χ1n) is 9.53. The molecule has 2 N–H and O–H groups in total. The van der Waals surface area contributed by atoms with E-state index in [2.05, 4.69) is 9.80 Å². The lowest BCUT2D eigenvalue weighted by atomic mass is 9.82. The molecule has 1 atom stereocenters. The average molecular weight is 293 g/mol. The first-order valence-corrected chi connectivity index (χ1v) is 9.53. The van der Waals surface area contributed by atoms with Crippen molar-refractivity contribution in [2.45, 2.75) is 63.8 Å². The fourth-order valence-corrected chi connectivity index (χ4v) is 4.96. The monoisotopic (exact) mass is 293 g/mol. The molecule has 3 fully saturated rings. The van der Waals surface area contributed by atoms with Crippen molar-refractivity contribution in [3.63, 3.8) is 0 Å². The van der Waals surface area contributed by atoms with Gasteiger partial charge in [-0.15, -0.1) is 0 Å². The Morgan fingerprint density at radius 3 is 2.10 bits per heavy atom. The second-order valence-corrected chi connectivity index (χ2v) is 7.69. The van der Waals surface area contributed by atoms with Gasteiger partial charge in [0.1, 0.15) is 0 Å². The lowest BCUT2D eigenvalue weighted by Gasteiger charge is -2.42. The van der Waals surface area contributed by atoms with Gasteiger partial charge < -0.3 is 10.6 Å². The highest BCUT2D eigenvalue weighted by Gasteiger charge is 2.31. The number of likely N-dealkylation sites (tertiary alicyclic amines) is 2. The predicted octanol–water partition coefficient (Wildman–Crippen LogP) is 2.70. The normalized spacial score (nSPS) is 29.0. The Morgan fingerprint density at radius 2 is 1.48 bits per heavy atom. The minimum absolute atomic E-state index is 0.679. The zero-order valence-electron chi connectivity index (χ0n) is 13.8. The molecule has 1 unspecified atom stereocenters. The van der Waals surface area contributed by atoms with Gasteiger partial charge in [-0.2, -0.15) is 0 Å². The van der Waals surface area contributed by atoms with Crippen LogP contribution in [0.3, 0.4) is 0 Å². The molecule has 3 aliphatic rings. The Bertz CT molecular complexity index is 287. The molecule has 2 saturated heterocycles. The van der Waals surface area contributed by atoms with Crippen molar-refractivity contribution in [2.75, 3.05) is 39.3 Å². The van der Waals surface area contributed by atoms with E-state index in [1.54, 1.807) is 0 Å². The first-order chi connectivity index (χ1) is 10.4. The maximum absolute atomic E-state index is 6.15. The molecular weight excluding hydrogens is 258 g/mol. The van der Waals surface area contributed by atoms with E-state index in [1.807, 2.05) is 0 Å². The van der Waals surface area contributed by atoms with Gasteiger partial charge in [0.25, 0.3) is 0 Å². The summed E-state index contributed by atoms with van der Waals surface area (Å²) in [4.78, 5) is 5.44. The van der Waals surface area contributed by atoms with Gasteiger partial charge in [-0.05, 0) is 76.5 Å². The van der Waals surface area contributed by atoms with Gasteiger partial charge in [-0.3, -0.25) is 4.90 Å². The summed E-state index contributed by atoms with van der Waals surface area (Å²) >= 11 is 0. The van der Waals surface area contributed by atoms with Crippen LogP contribution in [0.15, 0.2) is 0 Å². The van der Waals surface area contributed by atoms with E-state index in [0.717, 1.165) is 18.4 Å². The number of rotatable bonds is 5. The molecule has 0 amide bonds. The third-order valence-electron chi connectivity index (χ3n) is 6.27. The van der Waals surface area contributed by atoms with Crippen LogP contribution in [0.5, 0.6) is 0 Å². The summed E-state index contributed by atoms with van der Waals surface area (Å²) in [6, 6.07) is 0.679. The van der Waals surface area contributed by atoms with Crippen molar-refractivity contribution in [3.05, 3.63) is 0 Å². The van der Waals surface area contributed by atoms with Crippen LogP contribution in [0, 0.1) is 11.8 Å². The molecule has 0 radical (unpaired) electrons. The van der Waals surface area contributed by atoms with Gasteiger partial charge in [-0.25, -0.2) is 0 Å². The number of nitrogens with two attached hydrogens (primary N) is 1. The molecule has 0 spiro atoms. The molecule has 3 rings (SSSR count). The molecule has 2 aliphatic heterocycles. The molecule has 122 valence electrons. The maximum atomic E-state index is 6.15. The molecule has 0 aromatic carbocycles. The Balaban J connectivity index is 1.44. The first kappa shape index (κ1) is 15.8. The van der Waals surface area contributed by atoms with Crippen LogP contribution in [-0.2, 0) is 0 Å². The number of piperidine rings is 1. The molecule has 2 heterocycles. The Kier molecular flexibility index (Phi) is 5.96. The van der Waals surface area contributed by atoms with Crippen molar-refractivity contribution in [1.29, 1.82) is 0 Å². The Hall–Kier alpha value is -0.120. The summed E-state index contributed by atoms with van der Waals surface area (Å²) in [6.07, 6.45) is 12.8. The lowest BCUT2D eigenvalue weighted by molar-refractivity contribution is 0.0752. The fraction of sp³-hybridized carbons (Fsp3) is 1.00. The highest BCUT2D eigenvalue weighted by Crippen LogP contribution is 2.31. The molecule has 1 aliphatic carbocycles. The van der Waals surface area contributed by atoms with Crippen LogP contribution in [0.25, 0.3) is 0 Å². The van der Waals surface area contributed by atoms with E-state index < -0.39 is 0 Å². The molecule has 0 aromatic heterocycles. The highest BCUT2D eigenvalue weighted by molar-refractivity contribution is 4.86. The second-order valence-electron chi connectivity index (χ2n) is 7.69. The van der Waals surface area contributed by atoms with Gasteiger partial charge in [-0.1, -0.05) is 19.3 Å². The van der Waals surface area contributed by atoms with E-state index >= 15 is 0 Å². The van der Waals surface area contributed by atoms with Crippen molar-refractivity contribution in [2.24, 2.45) is 17.6 Å². The number of hydrogen-bond acceptors (Lipinski definition) is 3. The van der Waals surface area contributed by atoms with Crippen LogP contribution >= 0.6 is 0 Å². The molecular formula is C18H35N3. The van der Waals surface area contributed by atoms with Crippen molar-refractivity contribution in [3.8, 4) is 0 Å². The van der Waals surface area contributed by atoms with Crippen LogP contribution in [-0.4, -0.2) is 55.1 Å². The largest absolute Gasteiger partial charge is 0.329 e. The molecule has 21 heavy (non-hydrogen) atoms. The third kappa shape index (κ3) is 4.20. The third-order valence-corrected chi connectivity index (χ3v) is 6.27. The second kappa shape index (κ2) is 7.94. The average Bonchev–Trinajstić information content (AvgIpc) is 3.04. The number of nitrogens with zero attached hydrogens (tertiary/aromatic N) is 2. The minimum atomic E-state index is 0.679. The van der Waals surface area contributed by atoms with E-state index in [-0.39, 0.29) is 0 Å². The molecule has 3 heteroatoms. The molecule has 3 nitrogen and oxygen atoms in total. The van der Waals surface area contributed by atoms with Gasteiger partial charge >= 0.3 is 0 Å². The number of hydrogen-bond donors (Lipinski definition) is 1. The summed E-state index contributed by atoms with van der Waals surface area (Å²) in [6.45, 7) is 7.56. The van der Waals surface area contributed by atoms with Gasteiger partial charge in [0, 0.05) is 19.1 Å². The van der Waals surface area contributed by atoms with E-state index in [1.165, 1.54) is 90.5 Å². The summed E-state index contributed by atoms with van der Waals surface area (Å²) in [7, 11) is 0. The minimum Gasteiger partial charge on any atom is -0.329 e. The fourth-order valence-electron chi connectivity index (χ4n) is 4.96. The van der Waals surface area contributed by atoms with Crippen molar-refractivity contribution in [1.82, 2.24) is 9.80 Å². The molecule has 1 saturated carbocycles. The van der Waals surface area contributed by atoms with E-state index in [4.69, 9.17) is 5.73 Å². The summed E-state index contributed by atoms with van der Waals surface area (Å²) < 4.78 is 0. The maximum Gasteiger partial charge on any atom is 0.0246 e. The van der Waals surface area contributed by atoms with Crippen molar-refractivity contribution < 1.29 is 0 Å². The lowest BCUT2D eigenvalue weighted by Crippen LogP contribution is -2.50. The zero-order valence-corrected chi connectivity index (χ0v) is 13.8. The van der Waals surface area contributed by atoms with Crippen molar-refractivity contribution >= 4 is 0 Å². The SMILES string of the molecule is NCC(C1CCCCC1)N1CCC(CN2CCCC2)CC1. The smallest absolute Gasteiger partial charge is 0.0246 e. The summed E-state index contributed by atoms with van der Waals surface area (Å²) in [5.41, 5.74) is 6.15. The Morgan fingerprint density at radius 1 is 0.810 bits per heavy atom. The standard InChI is InChI=1S/C18H35N3/c19-14-18(17-6-2-1-3-7-17)21-12-8-16(9-13-21)15-20-10-4-5-11-20/h16-18H,1-15,19H2. The topological polar surface area (TPSA) is 32.5 Å². The highest BCUT2D eigenvalue weighted by atomic mass is 15.2. The summed E-state index contributed by atoms with van der Waals surface area (Å²) in [5, 5.41) is 0. The predicted molar refractivity (Wildman–Crippen MR) is 89.4 cm³/mol. The van der Waals surface area contributed by atoms with Crippen LogP contribution in [0.1, 0.15) is 57.8 Å². The van der Waals surface area contributed by atoms with Crippen LogP contribution in [0.4, 0.5) is 0 Å². The molecule has 0 bridgehead atoms. The van der Waals surface area contributed by atoms with E-state index in [0.29, 0.717) is 6.04 Å². The van der Waals surface area contributed by atoms with Gasteiger partial charge in [0.05, 0.1) is 0 Å². The van der Waals surface area contributed by atoms with Gasteiger partial charge in [0.2, 0.25) is 0 Å². The van der Waals surface area contributed by atoms with Crippen LogP contribution in [0.2, 0.25) is 0 Å². The van der Waals surface area contributed by atoms with Gasteiger partial charge in [0.15, 0.2) is 0 Å². The summed E-state index contributed by atoms with van der Waals surface area (Å²) in [5.74, 6) is 1.84. The van der Waals surface area contributed by atoms with Crippen LogP contribution < -0.4 is 5.73 Å². The zero-order chi connectivity index (χ0) is 14.5. The molecule has 0 aromatic rings.